The molecule has 0 unspecified atom stereocenters. The van der Waals surface area contributed by atoms with Gasteiger partial charge in [0.05, 0.1) is 11.5 Å². The van der Waals surface area contributed by atoms with E-state index in [1.807, 2.05) is 6.92 Å². The first-order valence-electron chi connectivity index (χ1n) is 6.27. The van der Waals surface area contributed by atoms with Crippen LogP contribution in [0.25, 0.3) is 0 Å². The van der Waals surface area contributed by atoms with Gasteiger partial charge < -0.3 is 5.11 Å². The fraction of sp³-hybridized carbons (Fsp3) is 0.538. The second-order valence-corrected chi connectivity index (χ2v) is 7.99. The van der Waals surface area contributed by atoms with E-state index in [1.165, 1.54) is 4.31 Å². The summed E-state index contributed by atoms with van der Waals surface area (Å²) in [6.07, 6.45) is 1.13. The number of rotatable bonds is 3. The molecule has 1 N–H and O–H groups in total. The van der Waals surface area contributed by atoms with E-state index in [1.54, 1.807) is 24.3 Å². The Morgan fingerprint density at radius 3 is 2.26 bits per heavy atom. The second kappa shape index (κ2) is 5.44. The van der Waals surface area contributed by atoms with Crippen molar-refractivity contribution in [1.82, 2.24) is 4.31 Å². The predicted molar refractivity (Wildman–Crippen MR) is 78.0 cm³/mol. The van der Waals surface area contributed by atoms with Crippen molar-refractivity contribution in [3.63, 3.8) is 0 Å². The Morgan fingerprint density at radius 2 is 1.79 bits per heavy atom. The van der Waals surface area contributed by atoms with Gasteiger partial charge in [0.25, 0.3) is 0 Å². The summed E-state index contributed by atoms with van der Waals surface area (Å²) in [6, 6.07) is 6.87. The van der Waals surface area contributed by atoms with Gasteiger partial charge in [-0.25, -0.2) is 8.42 Å². The third-order valence-electron chi connectivity index (χ3n) is 3.61. The first kappa shape index (κ1) is 14.8. The van der Waals surface area contributed by atoms with Gasteiger partial charge in [0, 0.05) is 17.8 Å². The zero-order valence-electron chi connectivity index (χ0n) is 10.9. The fourth-order valence-electron chi connectivity index (χ4n) is 2.16. The molecule has 19 heavy (non-hydrogen) atoms. The summed E-state index contributed by atoms with van der Waals surface area (Å²) in [4.78, 5) is 0.328. The number of sulfonamides is 1. The van der Waals surface area contributed by atoms with Crippen LogP contribution in [0.2, 0.25) is 0 Å². The Labute approximate surface area is 119 Å². The minimum Gasteiger partial charge on any atom is -0.395 e. The van der Waals surface area contributed by atoms with Crippen LogP contribution < -0.4 is 0 Å². The molecule has 1 aliphatic heterocycles. The monoisotopic (exact) mass is 301 g/mol. The smallest absolute Gasteiger partial charge is 0.243 e. The molecule has 0 atom stereocenters. The maximum absolute atomic E-state index is 12.4. The Morgan fingerprint density at radius 1 is 1.26 bits per heavy atom. The number of nitrogens with zero attached hydrogens (tertiary/aromatic N) is 1. The SMILES string of the molecule is Cc1ccc(S(=O)(=O)N2CCC(S)(CO)CC2)cc1. The van der Waals surface area contributed by atoms with Crippen molar-refractivity contribution < 1.29 is 13.5 Å². The van der Waals surface area contributed by atoms with Gasteiger partial charge in [0.15, 0.2) is 0 Å². The lowest BCUT2D eigenvalue weighted by Gasteiger charge is -2.36. The lowest BCUT2D eigenvalue weighted by atomic mass is 9.98. The summed E-state index contributed by atoms with van der Waals surface area (Å²) in [5.41, 5.74) is 1.03. The van der Waals surface area contributed by atoms with Gasteiger partial charge >= 0.3 is 0 Å². The molecule has 4 nitrogen and oxygen atoms in total. The van der Waals surface area contributed by atoms with Crippen LogP contribution >= 0.6 is 12.6 Å². The van der Waals surface area contributed by atoms with E-state index in [2.05, 4.69) is 12.6 Å². The molecule has 1 heterocycles. The molecule has 6 heteroatoms. The van der Waals surface area contributed by atoms with Crippen LogP contribution in [0.15, 0.2) is 29.2 Å². The first-order valence-corrected chi connectivity index (χ1v) is 8.16. The topological polar surface area (TPSA) is 57.6 Å². The van der Waals surface area contributed by atoms with E-state index in [0.717, 1.165) is 5.56 Å². The average molecular weight is 301 g/mol. The number of piperidine rings is 1. The Hall–Kier alpha value is -0.560. The van der Waals surface area contributed by atoms with Crippen LogP contribution in [0.1, 0.15) is 18.4 Å². The van der Waals surface area contributed by atoms with Crippen LogP contribution in [-0.4, -0.2) is 42.3 Å². The molecule has 0 bridgehead atoms. The molecule has 1 aromatic carbocycles. The van der Waals surface area contributed by atoms with Crippen molar-refractivity contribution in [2.24, 2.45) is 0 Å². The van der Waals surface area contributed by atoms with E-state index >= 15 is 0 Å². The average Bonchev–Trinajstić information content (AvgIpc) is 2.40. The maximum atomic E-state index is 12.4. The predicted octanol–water partition coefficient (Wildman–Crippen LogP) is 1.44. The van der Waals surface area contributed by atoms with E-state index in [0.29, 0.717) is 30.8 Å². The van der Waals surface area contributed by atoms with E-state index in [-0.39, 0.29) is 6.61 Å². The number of aryl methyl sites for hydroxylation is 1. The normalized spacial score (nSPS) is 20.4. The standard InChI is InChI=1S/C13H19NO3S2/c1-11-2-4-12(5-3-11)19(16,17)14-8-6-13(18,10-15)7-9-14/h2-5,15,18H,6-10H2,1H3. The van der Waals surface area contributed by atoms with Gasteiger partial charge in [-0.1, -0.05) is 17.7 Å². The lowest BCUT2D eigenvalue weighted by molar-refractivity contribution is 0.195. The Bertz CT molecular complexity index is 532. The maximum Gasteiger partial charge on any atom is 0.243 e. The molecule has 0 aromatic heterocycles. The molecule has 1 saturated heterocycles. The summed E-state index contributed by atoms with van der Waals surface area (Å²) in [5, 5.41) is 9.24. The second-order valence-electron chi connectivity index (χ2n) is 5.10. The van der Waals surface area contributed by atoms with Gasteiger partial charge in [0.2, 0.25) is 10.0 Å². The molecule has 0 saturated carbocycles. The largest absolute Gasteiger partial charge is 0.395 e. The quantitative estimate of drug-likeness (QED) is 0.831. The van der Waals surface area contributed by atoms with Crippen LogP contribution in [0.5, 0.6) is 0 Å². The van der Waals surface area contributed by atoms with Crippen molar-refractivity contribution in [2.75, 3.05) is 19.7 Å². The Kier molecular flexibility index (Phi) is 4.25. The van der Waals surface area contributed by atoms with Crippen LogP contribution in [0.3, 0.4) is 0 Å². The van der Waals surface area contributed by atoms with Gasteiger partial charge in [-0.3, -0.25) is 0 Å². The zero-order valence-corrected chi connectivity index (χ0v) is 12.6. The highest BCUT2D eigenvalue weighted by Gasteiger charge is 2.35. The summed E-state index contributed by atoms with van der Waals surface area (Å²) in [7, 11) is -3.42. The fourth-order valence-corrected chi connectivity index (χ4v) is 3.80. The third kappa shape index (κ3) is 3.13. The minimum absolute atomic E-state index is 0.0193. The highest BCUT2D eigenvalue weighted by molar-refractivity contribution is 7.89. The number of hydrogen-bond acceptors (Lipinski definition) is 4. The minimum atomic E-state index is -3.42. The lowest BCUT2D eigenvalue weighted by Crippen LogP contribution is -2.45. The molecule has 0 amide bonds. The number of hydrogen-bond donors (Lipinski definition) is 2. The number of aliphatic hydroxyl groups excluding tert-OH is 1. The molecule has 1 aliphatic rings. The third-order valence-corrected chi connectivity index (χ3v) is 6.11. The molecule has 106 valence electrons. The summed E-state index contributed by atoms with van der Waals surface area (Å²) in [5.74, 6) is 0. The van der Waals surface area contributed by atoms with Crippen LogP contribution in [0, 0.1) is 6.92 Å². The summed E-state index contributed by atoms with van der Waals surface area (Å²) < 4.78 is 25.9. The highest BCUT2D eigenvalue weighted by atomic mass is 32.2. The molecule has 2 rings (SSSR count). The first-order chi connectivity index (χ1) is 8.87. The van der Waals surface area contributed by atoms with Gasteiger partial charge in [-0.15, -0.1) is 0 Å². The molecular formula is C13H19NO3S2. The molecule has 0 aliphatic carbocycles. The number of thiol groups is 1. The number of aliphatic hydroxyl groups is 1. The molecule has 0 radical (unpaired) electrons. The van der Waals surface area contributed by atoms with E-state index in [4.69, 9.17) is 0 Å². The molecule has 1 fully saturated rings. The van der Waals surface area contributed by atoms with E-state index in [9.17, 15) is 13.5 Å². The van der Waals surface area contributed by atoms with Gasteiger partial charge in [-0.05, 0) is 31.9 Å². The summed E-state index contributed by atoms with van der Waals surface area (Å²) in [6.45, 7) is 2.71. The van der Waals surface area contributed by atoms with Crippen molar-refractivity contribution in [3.05, 3.63) is 29.8 Å². The zero-order chi connectivity index (χ0) is 14.1. The summed E-state index contributed by atoms with van der Waals surface area (Å²) >= 11 is 4.42. The van der Waals surface area contributed by atoms with Gasteiger partial charge in [0.1, 0.15) is 0 Å². The molecule has 0 spiro atoms. The van der Waals surface area contributed by atoms with Crippen LogP contribution in [-0.2, 0) is 10.0 Å². The van der Waals surface area contributed by atoms with Crippen LogP contribution in [0.4, 0.5) is 0 Å². The van der Waals surface area contributed by atoms with Crippen molar-refractivity contribution in [1.29, 1.82) is 0 Å². The number of benzene rings is 1. The van der Waals surface area contributed by atoms with Crippen molar-refractivity contribution >= 4 is 22.7 Å². The molecular weight excluding hydrogens is 282 g/mol. The highest BCUT2D eigenvalue weighted by Crippen LogP contribution is 2.30. The van der Waals surface area contributed by atoms with Crippen molar-refractivity contribution in [3.8, 4) is 0 Å². The van der Waals surface area contributed by atoms with Gasteiger partial charge in [-0.2, -0.15) is 16.9 Å². The Balaban J connectivity index is 2.16. The molecule has 1 aromatic rings. The van der Waals surface area contributed by atoms with Crippen molar-refractivity contribution in [2.45, 2.75) is 29.4 Å². The van der Waals surface area contributed by atoms with E-state index < -0.39 is 14.8 Å².